The van der Waals surface area contributed by atoms with Gasteiger partial charge in [-0.25, -0.2) is 0 Å². The third-order valence-electron chi connectivity index (χ3n) is 10.8. The quantitative estimate of drug-likeness (QED) is 0.0566. The molecule has 3 aromatic carbocycles. The van der Waals surface area contributed by atoms with E-state index in [0.717, 1.165) is 59.6 Å². The highest BCUT2D eigenvalue weighted by molar-refractivity contribution is 6.23. The van der Waals surface area contributed by atoms with Crippen molar-refractivity contribution in [3.8, 4) is 0 Å². The lowest BCUT2D eigenvalue weighted by Gasteiger charge is -2.36. The van der Waals surface area contributed by atoms with Crippen molar-refractivity contribution in [1.82, 2.24) is 4.90 Å². The molecule has 0 radical (unpaired) electrons. The number of fused-ring (bicyclic) bond motifs is 3. The highest BCUT2D eigenvalue weighted by Gasteiger charge is 2.45. The molecule has 0 saturated heterocycles. The van der Waals surface area contributed by atoms with Gasteiger partial charge in [0.05, 0.1) is 17.2 Å². The number of hydrogen-bond acceptors (Lipinski definition) is 4. The third-order valence-corrected chi connectivity index (χ3v) is 10.8. The van der Waals surface area contributed by atoms with Gasteiger partial charge in [0.15, 0.2) is 0 Å². The maximum absolute atomic E-state index is 13.7. The molecule has 0 spiro atoms. The molecule has 1 aliphatic carbocycles. The van der Waals surface area contributed by atoms with Gasteiger partial charge in [-0.2, -0.15) is 0 Å². The monoisotopic (exact) mass is 639 g/mol. The summed E-state index contributed by atoms with van der Waals surface area (Å²) in [5.41, 5.74) is 0.910. The smallest absolute Gasteiger partial charge is 0.306 e. The topological polar surface area (TPSA) is 63.7 Å². The lowest BCUT2D eigenvalue weighted by Crippen LogP contribution is -2.49. The molecule has 47 heavy (non-hydrogen) atoms. The minimum Gasteiger partial charge on any atom is -0.460 e. The molecule has 5 rings (SSSR count). The van der Waals surface area contributed by atoms with E-state index in [4.69, 9.17) is 4.74 Å². The van der Waals surface area contributed by atoms with Crippen molar-refractivity contribution in [3.63, 3.8) is 0 Å². The first kappa shape index (κ1) is 35.1. The van der Waals surface area contributed by atoms with Crippen molar-refractivity contribution in [1.29, 1.82) is 0 Å². The van der Waals surface area contributed by atoms with Crippen LogP contribution in [0.15, 0.2) is 48.5 Å². The summed E-state index contributed by atoms with van der Waals surface area (Å²) in [4.78, 5) is 41.6. The molecule has 3 atom stereocenters. The van der Waals surface area contributed by atoms with Crippen LogP contribution in [0.1, 0.15) is 163 Å². The normalized spacial score (nSPS) is 18.6. The Labute approximate surface area is 282 Å². The third kappa shape index (κ3) is 9.45. The molecule has 2 amide bonds. The number of imide groups is 1. The number of amides is 2. The predicted molar refractivity (Wildman–Crippen MR) is 193 cm³/mol. The Morgan fingerprint density at radius 2 is 1.19 bits per heavy atom. The van der Waals surface area contributed by atoms with Gasteiger partial charge in [-0.1, -0.05) is 134 Å². The zero-order valence-corrected chi connectivity index (χ0v) is 29.1. The maximum Gasteiger partial charge on any atom is 0.306 e. The van der Waals surface area contributed by atoms with Gasteiger partial charge in [0.2, 0.25) is 0 Å². The van der Waals surface area contributed by atoms with Crippen LogP contribution < -0.4 is 0 Å². The lowest BCUT2D eigenvalue weighted by atomic mass is 9.91. The van der Waals surface area contributed by atoms with Crippen LogP contribution in [0.3, 0.4) is 0 Å². The fourth-order valence-electron chi connectivity index (χ4n) is 7.65. The molecule has 0 bridgehead atoms. The van der Waals surface area contributed by atoms with Crippen molar-refractivity contribution >= 4 is 39.3 Å². The molecule has 1 heterocycles. The molecule has 0 aromatic heterocycles. The van der Waals surface area contributed by atoms with Crippen LogP contribution in [0.2, 0.25) is 0 Å². The SMILES string of the molecule is CC[C@H](C)CCCCCCCCCCCCCCCC(=O)O[C@H]1CCCC[C@@H]1N1C(=O)c2cc3cc4ccccc4cc3cc2C1=O. The van der Waals surface area contributed by atoms with E-state index in [1.165, 1.54) is 81.9 Å². The molecule has 3 aromatic rings. The number of unbranched alkanes of at least 4 members (excludes halogenated alkanes) is 12. The van der Waals surface area contributed by atoms with Crippen LogP contribution >= 0.6 is 0 Å². The number of hydrogen-bond donors (Lipinski definition) is 0. The Morgan fingerprint density at radius 3 is 1.72 bits per heavy atom. The largest absolute Gasteiger partial charge is 0.460 e. The minimum atomic E-state index is -0.430. The molecule has 254 valence electrons. The van der Waals surface area contributed by atoms with Crippen LogP contribution in [0.25, 0.3) is 21.5 Å². The summed E-state index contributed by atoms with van der Waals surface area (Å²) in [5, 5.41) is 4.11. The molecule has 1 saturated carbocycles. The average molecular weight is 640 g/mol. The van der Waals surface area contributed by atoms with Gasteiger partial charge in [0.1, 0.15) is 6.10 Å². The second-order valence-electron chi connectivity index (χ2n) is 14.5. The first-order valence-electron chi connectivity index (χ1n) is 19.0. The van der Waals surface area contributed by atoms with Crippen LogP contribution in [-0.4, -0.2) is 34.8 Å². The van der Waals surface area contributed by atoms with Gasteiger partial charge in [0.25, 0.3) is 11.8 Å². The summed E-state index contributed by atoms with van der Waals surface area (Å²) >= 11 is 0. The fraction of sp³-hybridized carbons (Fsp3) is 0.595. The molecule has 5 nitrogen and oxygen atoms in total. The molecular formula is C42H57NO4. The van der Waals surface area contributed by atoms with E-state index in [9.17, 15) is 14.4 Å². The number of esters is 1. The van der Waals surface area contributed by atoms with E-state index in [1.807, 2.05) is 24.3 Å². The van der Waals surface area contributed by atoms with Gasteiger partial charge < -0.3 is 4.74 Å². The Hall–Kier alpha value is -3.21. The summed E-state index contributed by atoms with van der Waals surface area (Å²) in [6.45, 7) is 4.66. The lowest BCUT2D eigenvalue weighted by molar-refractivity contribution is -0.153. The van der Waals surface area contributed by atoms with Gasteiger partial charge in [-0.15, -0.1) is 0 Å². The second-order valence-corrected chi connectivity index (χ2v) is 14.5. The van der Waals surface area contributed by atoms with Crippen molar-refractivity contribution in [2.75, 3.05) is 0 Å². The average Bonchev–Trinajstić information content (AvgIpc) is 3.32. The summed E-state index contributed by atoms with van der Waals surface area (Å²) in [5.74, 6) is 0.166. The number of ether oxygens (including phenoxy) is 1. The van der Waals surface area contributed by atoms with E-state index in [-0.39, 0.29) is 17.8 Å². The fourth-order valence-corrected chi connectivity index (χ4v) is 7.65. The number of carbonyl (C=O) groups is 3. The van der Waals surface area contributed by atoms with Crippen molar-refractivity contribution in [2.24, 2.45) is 5.92 Å². The van der Waals surface area contributed by atoms with E-state index < -0.39 is 12.1 Å². The summed E-state index contributed by atoms with van der Waals surface area (Å²) in [6, 6.07) is 15.6. The summed E-state index contributed by atoms with van der Waals surface area (Å²) in [6.07, 6.45) is 22.5. The van der Waals surface area contributed by atoms with Crippen LogP contribution in [-0.2, 0) is 9.53 Å². The molecular weight excluding hydrogens is 582 g/mol. The highest BCUT2D eigenvalue weighted by Crippen LogP contribution is 2.35. The Kier molecular flexibility index (Phi) is 13.3. The zero-order valence-electron chi connectivity index (χ0n) is 29.1. The van der Waals surface area contributed by atoms with E-state index in [1.54, 1.807) is 0 Å². The Bertz CT molecular complexity index is 1420. The minimum absolute atomic E-state index is 0.198. The molecule has 0 unspecified atom stereocenters. The van der Waals surface area contributed by atoms with Gasteiger partial charge >= 0.3 is 5.97 Å². The first-order valence-corrected chi connectivity index (χ1v) is 19.0. The number of rotatable bonds is 19. The highest BCUT2D eigenvalue weighted by atomic mass is 16.5. The van der Waals surface area contributed by atoms with Gasteiger partial charge in [-0.3, -0.25) is 19.3 Å². The standard InChI is InChI=1S/C42H57NO4/c1-3-31(2)21-15-13-11-9-7-5-4-6-8-10-12-14-16-26-40(44)47-39-25-20-19-24-38(39)43-41(45)36-29-34-27-32-22-17-18-23-33(32)28-35(34)30-37(36)42(43)46/h17-18,22-23,27-31,38-39H,3-16,19-21,24-26H2,1-2H3/t31-,38-,39-/m0/s1. The van der Waals surface area contributed by atoms with Crippen molar-refractivity contribution < 1.29 is 19.1 Å². The molecule has 0 N–H and O–H groups in total. The van der Waals surface area contributed by atoms with Crippen LogP contribution in [0.4, 0.5) is 0 Å². The van der Waals surface area contributed by atoms with Crippen molar-refractivity contribution in [3.05, 3.63) is 59.7 Å². The predicted octanol–water partition coefficient (Wildman–Crippen LogP) is 11.3. The second kappa shape index (κ2) is 17.8. The first-order chi connectivity index (χ1) is 23.0. The van der Waals surface area contributed by atoms with E-state index in [0.29, 0.717) is 30.4 Å². The Balaban J connectivity index is 0.996. The summed E-state index contributed by atoms with van der Waals surface area (Å²) in [7, 11) is 0. The van der Waals surface area contributed by atoms with Gasteiger partial charge in [0, 0.05) is 6.42 Å². The number of nitrogens with zero attached hydrogens (tertiary/aromatic N) is 1. The zero-order chi connectivity index (χ0) is 33.0. The summed E-state index contributed by atoms with van der Waals surface area (Å²) < 4.78 is 5.99. The van der Waals surface area contributed by atoms with E-state index >= 15 is 0 Å². The van der Waals surface area contributed by atoms with Crippen molar-refractivity contribution in [2.45, 2.75) is 154 Å². The van der Waals surface area contributed by atoms with E-state index in [2.05, 4.69) is 38.1 Å². The Morgan fingerprint density at radius 1 is 0.702 bits per heavy atom. The maximum atomic E-state index is 13.7. The number of carbonyl (C=O) groups excluding carboxylic acids is 3. The van der Waals surface area contributed by atoms with Crippen LogP contribution in [0.5, 0.6) is 0 Å². The van der Waals surface area contributed by atoms with Gasteiger partial charge in [-0.05, 0) is 77.4 Å². The molecule has 2 aliphatic rings. The van der Waals surface area contributed by atoms with Crippen LogP contribution in [0, 0.1) is 5.92 Å². The number of benzene rings is 3. The molecule has 5 heteroatoms. The molecule has 1 fully saturated rings. The molecule has 1 aliphatic heterocycles.